The van der Waals surface area contributed by atoms with Gasteiger partial charge in [-0.3, -0.25) is 4.79 Å². The van der Waals surface area contributed by atoms with Crippen LogP contribution in [0.3, 0.4) is 0 Å². The maximum atomic E-state index is 12.2. The molecule has 0 saturated carbocycles. The van der Waals surface area contributed by atoms with Crippen LogP contribution in [-0.4, -0.2) is 21.6 Å². The fourth-order valence-corrected chi connectivity index (χ4v) is 3.62. The minimum Gasteiger partial charge on any atom is -0.389 e. The smallest absolute Gasteiger partial charge is 0.137 e. The second-order valence-corrected chi connectivity index (χ2v) is 6.11. The zero-order chi connectivity index (χ0) is 15.2. The van der Waals surface area contributed by atoms with Crippen LogP contribution in [0.4, 0.5) is 0 Å². The molecule has 3 rings (SSSR count). The lowest BCUT2D eigenvalue weighted by atomic mass is 9.64. The van der Waals surface area contributed by atoms with Gasteiger partial charge in [-0.05, 0) is 26.3 Å². The quantitative estimate of drug-likeness (QED) is 0.921. The molecule has 0 amide bonds. The fourth-order valence-electron chi connectivity index (χ4n) is 3.62. The van der Waals surface area contributed by atoms with Crippen LogP contribution >= 0.6 is 0 Å². The van der Waals surface area contributed by atoms with E-state index in [0.29, 0.717) is 6.42 Å². The summed E-state index contributed by atoms with van der Waals surface area (Å²) in [5.41, 5.74) is 1.59. The van der Waals surface area contributed by atoms with Gasteiger partial charge in [0.1, 0.15) is 11.5 Å². The molecule has 1 aromatic heterocycles. The van der Waals surface area contributed by atoms with Crippen molar-refractivity contribution in [1.82, 2.24) is 5.16 Å². The highest BCUT2D eigenvalue weighted by atomic mass is 16.5. The van der Waals surface area contributed by atoms with Gasteiger partial charge < -0.3 is 9.63 Å². The first kappa shape index (κ1) is 14.0. The molecule has 0 aliphatic heterocycles. The number of ketones is 1. The van der Waals surface area contributed by atoms with Gasteiger partial charge in [-0.2, -0.15) is 0 Å². The second kappa shape index (κ2) is 4.81. The molecule has 0 radical (unpaired) electrons. The zero-order valence-electron chi connectivity index (χ0n) is 12.5. The van der Waals surface area contributed by atoms with E-state index < -0.39 is 11.5 Å². The van der Waals surface area contributed by atoms with Crippen LogP contribution < -0.4 is 0 Å². The van der Waals surface area contributed by atoms with Crippen molar-refractivity contribution in [3.8, 4) is 0 Å². The molecule has 1 N–H and O–H groups in total. The summed E-state index contributed by atoms with van der Waals surface area (Å²) in [6, 6.07) is 9.79. The van der Waals surface area contributed by atoms with Gasteiger partial charge in [-0.25, -0.2) is 0 Å². The first-order chi connectivity index (χ1) is 9.92. The summed E-state index contributed by atoms with van der Waals surface area (Å²) < 4.78 is 5.32. The first-order valence-corrected chi connectivity index (χ1v) is 7.14. The van der Waals surface area contributed by atoms with E-state index in [1.54, 1.807) is 13.8 Å². The summed E-state index contributed by atoms with van der Waals surface area (Å²) in [5.74, 6) is -0.0000869. The molecule has 0 bridgehead atoms. The second-order valence-electron chi connectivity index (χ2n) is 6.11. The summed E-state index contributed by atoms with van der Waals surface area (Å²) >= 11 is 0. The standard InChI is InChI=1S/C17H19NO3/c1-10(19)16-15(12-7-5-4-6-8-12)14-11(2)21-18-13(14)9-17(16,3)20/h4-8,15-16,20H,9H2,1-3H3/t15-,16-,17+/m1/s1. The highest BCUT2D eigenvalue weighted by molar-refractivity contribution is 5.82. The monoisotopic (exact) mass is 285 g/mol. The van der Waals surface area contributed by atoms with Gasteiger partial charge in [-0.15, -0.1) is 0 Å². The lowest BCUT2D eigenvalue weighted by Crippen LogP contribution is -2.48. The van der Waals surface area contributed by atoms with E-state index in [9.17, 15) is 9.90 Å². The Balaban J connectivity index is 2.24. The Morgan fingerprint density at radius 2 is 2.05 bits per heavy atom. The molecule has 0 unspecified atom stereocenters. The van der Waals surface area contributed by atoms with E-state index in [0.717, 1.165) is 22.6 Å². The van der Waals surface area contributed by atoms with Crippen molar-refractivity contribution in [3.63, 3.8) is 0 Å². The van der Waals surface area contributed by atoms with E-state index in [2.05, 4.69) is 5.16 Å². The Bertz CT molecular complexity index is 673. The van der Waals surface area contributed by atoms with E-state index >= 15 is 0 Å². The minimum atomic E-state index is -1.12. The summed E-state index contributed by atoms with van der Waals surface area (Å²) in [5, 5.41) is 14.9. The van der Waals surface area contributed by atoms with Gasteiger partial charge in [-0.1, -0.05) is 35.5 Å². The largest absolute Gasteiger partial charge is 0.389 e. The van der Waals surface area contributed by atoms with Crippen molar-refractivity contribution in [2.45, 2.75) is 38.7 Å². The Labute approximate surface area is 123 Å². The summed E-state index contributed by atoms with van der Waals surface area (Å²) in [6.45, 7) is 5.11. The molecule has 3 atom stereocenters. The van der Waals surface area contributed by atoms with Gasteiger partial charge in [0.2, 0.25) is 0 Å². The molecule has 4 heteroatoms. The number of Topliss-reactive ketones (excluding diaryl/α,β-unsaturated/α-hetero) is 1. The van der Waals surface area contributed by atoms with Crippen LogP contribution in [-0.2, 0) is 11.2 Å². The lowest BCUT2D eigenvalue weighted by molar-refractivity contribution is -0.130. The average Bonchev–Trinajstić information content (AvgIpc) is 2.77. The van der Waals surface area contributed by atoms with Crippen LogP contribution in [0, 0.1) is 12.8 Å². The van der Waals surface area contributed by atoms with Crippen molar-refractivity contribution in [2.24, 2.45) is 5.92 Å². The number of aliphatic hydroxyl groups is 1. The highest BCUT2D eigenvalue weighted by Gasteiger charge is 2.49. The lowest BCUT2D eigenvalue weighted by Gasteiger charge is -2.40. The number of rotatable bonds is 2. The fraction of sp³-hybridized carbons (Fsp3) is 0.412. The van der Waals surface area contributed by atoms with Gasteiger partial charge in [0.25, 0.3) is 0 Å². The van der Waals surface area contributed by atoms with Gasteiger partial charge in [0.15, 0.2) is 0 Å². The maximum Gasteiger partial charge on any atom is 0.137 e. The van der Waals surface area contributed by atoms with E-state index in [4.69, 9.17) is 4.52 Å². The van der Waals surface area contributed by atoms with Crippen molar-refractivity contribution in [2.75, 3.05) is 0 Å². The number of carbonyl (C=O) groups excluding carboxylic acids is 1. The van der Waals surface area contributed by atoms with Crippen LogP contribution in [0.2, 0.25) is 0 Å². The zero-order valence-corrected chi connectivity index (χ0v) is 12.5. The molecular formula is C17H19NO3. The van der Waals surface area contributed by atoms with Gasteiger partial charge >= 0.3 is 0 Å². The Hall–Kier alpha value is -1.94. The number of hydrogen-bond donors (Lipinski definition) is 1. The first-order valence-electron chi connectivity index (χ1n) is 7.14. The maximum absolute atomic E-state index is 12.2. The number of carbonyl (C=O) groups is 1. The van der Waals surface area contributed by atoms with Crippen molar-refractivity contribution in [1.29, 1.82) is 0 Å². The van der Waals surface area contributed by atoms with Crippen LogP contribution in [0.15, 0.2) is 34.9 Å². The van der Waals surface area contributed by atoms with E-state index in [1.165, 1.54) is 0 Å². The Morgan fingerprint density at radius 1 is 1.38 bits per heavy atom. The number of aromatic nitrogens is 1. The summed E-state index contributed by atoms with van der Waals surface area (Å²) in [7, 11) is 0. The van der Waals surface area contributed by atoms with Crippen molar-refractivity contribution >= 4 is 5.78 Å². The molecular weight excluding hydrogens is 266 g/mol. The molecule has 21 heavy (non-hydrogen) atoms. The number of benzene rings is 1. The number of nitrogens with zero attached hydrogens (tertiary/aromatic N) is 1. The molecule has 0 fully saturated rings. The van der Waals surface area contributed by atoms with Crippen molar-refractivity contribution in [3.05, 3.63) is 52.9 Å². The molecule has 1 aliphatic rings. The summed E-state index contributed by atoms with van der Waals surface area (Å²) in [4.78, 5) is 12.2. The predicted octanol–water partition coefficient (Wildman–Crippen LogP) is 2.63. The van der Waals surface area contributed by atoms with Crippen LogP contribution in [0.1, 0.15) is 42.3 Å². The van der Waals surface area contributed by atoms with Crippen LogP contribution in [0.5, 0.6) is 0 Å². The third-order valence-electron chi connectivity index (χ3n) is 4.42. The van der Waals surface area contributed by atoms with E-state index in [1.807, 2.05) is 37.3 Å². The summed E-state index contributed by atoms with van der Waals surface area (Å²) in [6.07, 6.45) is 0.341. The van der Waals surface area contributed by atoms with E-state index in [-0.39, 0.29) is 11.7 Å². The van der Waals surface area contributed by atoms with Crippen LogP contribution in [0.25, 0.3) is 0 Å². The normalized spacial score (nSPS) is 28.2. The topological polar surface area (TPSA) is 63.3 Å². The molecule has 0 saturated heterocycles. The molecule has 4 nitrogen and oxygen atoms in total. The number of fused-ring (bicyclic) bond motifs is 1. The molecule has 1 aromatic carbocycles. The molecule has 1 aliphatic carbocycles. The average molecular weight is 285 g/mol. The molecule has 2 aromatic rings. The predicted molar refractivity (Wildman–Crippen MR) is 78.0 cm³/mol. The SMILES string of the molecule is CC(=O)[C@@H]1[C@H](c2ccccc2)c2c(noc2C)C[C@]1(C)O. The number of aryl methyl sites for hydroxylation is 1. The Kier molecular flexibility index (Phi) is 3.21. The third kappa shape index (κ3) is 2.20. The minimum absolute atomic E-state index is 0.0138. The third-order valence-corrected chi connectivity index (χ3v) is 4.42. The number of hydrogen-bond acceptors (Lipinski definition) is 4. The highest BCUT2D eigenvalue weighted by Crippen LogP contribution is 2.46. The molecule has 110 valence electrons. The molecule has 1 heterocycles. The van der Waals surface area contributed by atoms with Crippen molar-refractivity contribution < 1.29 is 14.4 Å². The molecule has 0 spiro atoms. The Morgan fingerprint density at radius 3 is 2.67 bits per heavy atom. The van der Waals surface area contributed by atoms with Gasteiger partial charge in [0, 0.05) is 17.9 Å². The van der Waals surface area contributed by atoms with Gasteiger partial charge in [0.05, 0.1) is 17.2 Å².